The van der Waals surface area contributed by atoms with E-state index in [0.29, 0.717) is 29.0 Å². The minimum absolute atomic E-state index is 0.293. The Morgan fingerprint density at radius 2 is 1.97 bits per heavy atom. The smallest absolute Gasteiger partial charge is 0.237 e. The van der Waals surface area contributed by atoms with Crippen LogP contribution in [0.25, 0.3) is 11.4 Å². The number of nitrogens with one attached hydrogen (secondary N) is 1. The van der Waals surface area contributed by atoms with Gasteiger partial charge in [-0.1, -0.05) is 23.9 Å². The Bertz CT molecular complexity index is 1310. The van der Waals surface area contributed by atoms with Gasteiger partial charge in [-0.15, -0.1) is 10.2 Å². The number of nitrogens with zero attached hydrogens (tertiary/aromatic N) is 3. The van der Waals surface area contributed by atoms with E-state index in [4.69, 9.17) is 9.15 Å². The molecule has 1 N–H and O–H groups in total. The normalized spacial score (nSPS) is 11.9. The Hall–Kier alpha value is -3.73. The first kappa shape index (κ1) is 23.4. The van der Waals surface area contributed by atoms with Crippen molar-refractivity contribution >= 4 is 23.4 Å². The highest BCUT2D eigenvalue weighted by atomic mass is 32.2. The molecule has 176 valence electrons. The van der Waals surface area contributed by atoms with E-state index in [9.17, 15) is 18.0 Å². The van der Waals surface area contributed by atoms with Crippen molar-refractivity contribution in [1.29, 1.82) is 0 Å². The Labute approximate surface area is 196 Å². The summed E-state index contributed by atoms with van der Waals surface area (Å²) in [5.74, 6) is -3.27. The number of amides is 1. The maximum absolute atomic E-state index is 14.0. The average molecular weight is 488 g/mol. The van der Waals surface area contributed by atoms with Crippen molar-refractivity contribution in [3.63, 3.8) is 0 Å². The number of halogens is 3. The zero-order valence-corrected chi connectivity index (χ0v) is 18.9. The third-order valence-corrected chi connectivity index (χ3v) is 5.96. The molecule has 0 saturated heterocycles. The fraction of sp³-hybridized carbons (Fsp3) is 0.174. The van der Waals surface area contributed by atoms with Crippen LogP contribution in [0.3, 0.4) is 0 Å². The monoisotopic (exact) mass is 488 g/mol. The van der Waals surface area contributed by atoms with Crippen LogP contribution in [0.1, 0.15) is 12.7 Å². The van der Waals surface area contributed by atoms with Gasteiger partial charge in [0.15, 0.2) is 28.4 Å². The molecule has 0 unspecified atom stereocenters. The maximum atomic E-state index is 14.0. The van der Waals surface area contributed by atoms with E-state index < -0.39 is 34.3 Å². The van der Waals surface area contributed by atoms with E-state index in [1.54, 1.807) is 49.1 Å². The maximum Gasteiger partial charge on any atom is 0.237 e. The Morgan fingerprint density at radius 3 is 2.71 bits per heavy atom. The highest BCUT2D eigenvalue weighted by molar-refractivity contribution is 8.00. The lowest BCUT2D eigenvalue weighted by Gasteiger charge is -2.14. The van der Waals surface area contributed by atoms with Gasteiger partial charge in [0, 0.05) is 5.56 Å². The highest BCUT2D eigenvalue weighted by Crippen LogP contribution is 2.30. The lowest BCUT2D eigenvalue weighted by molar-refractivity contribution is -0.115. The molecule has 2 heterocycles. The van der Waals surface area contributed by atoms with Gasteiger partial charge in [-0.2, -0.15) is 0 Å². The summed E-state index contributed by atoms with van der Waals surface area (Å²) in [5, 5.41) is 10.4. The molecule has 4 aromatic rings. The average Bonchev–Trinajstić information content (AvgIpc) is 3.50. The third kappa shape index (κ3) is 4.93. The second-order valence-corrected chi connectivity index (χ2v) is 8.48. The van der Waals surface area contributed by atoms with E-state index in [2.05, 4.69) is 15.5 Å². The number of thioether (sulfide) groups is 1. The van der Waals surface area contributed by atoms with Crippen LogP contribution in [0.5, 0.6) is 5.75 Å². The number of rotatable bonds is 8. The highest BCUT2D eigenvalue weighted by Gasteiger charge is 2.23. The number of furan rings is 1. The molecule has 0 aliphatic heterocycles. The first-order chi connectivity index (χ1) is 16.4. The van der Waals surface area contributed by atoms with E-state index >= 15 is 0 Å². The van der Waals surface area contributed by atoms with Gasteiger partial charge in [0.25, 0.3) is 0 Å². The summed E-state index contributed by atoms with van der Waals surface area (Å²) in [4.78, 5) is 12.6. The van der Waals surface area contributed by atoms with Crippen LogP contribution in [-0.4, -0.2) is 33.0 Å². The Morgan fingerprint density at radius 1 is 1.15 bits per heavy atom. The number of hydrogen-bond acceptors (Lipinski definition) is 6. The molecule has 0 fully saturated rings. The van der Waals surface area contributed by atoms with Crippen LogP contribution in [-0.2, 0) is 11.3 Å². The predicted octanol–water partition coefficient (Wildman–Crippen LogP) is 5.13. The molecule has 1 amide bonds. The summed E-state index contributed by atoms with van der Waals surface area (Å²) in [6, 6.07) is 12.5. The van der Waals surface area contributed by atoms with Gasteiger partial charge in [0.05, 0.1) is 30.9 Å². The lowest BCUT2D eigenvalue weighted by Crippen LogP contribution is -2.24. The third-order valence-electron chi connectivity index (χ3n) is 4.88. The predicted molar refractivity (Wildman–Crippen MR) is 120 cm³/mol. The number of carbonyl (C=O) groups is 1. The molecular weight excluding hydrogens is 469 g/mol. The molecule has 4 rings (SSSR count). The minimum Gasteiger partial charge on any atom is -0.497 e. The SMILES string of the molecule is COc1cccc(-c2nnc(S[C@@H](C)C(=O)Nc3ccc(F)c(F)c3F)n2Cc2ccco2)c1. The summed E-state index contributed by atoms with van der Waals surface area (Å²) in [7, 11) is 1.56. The largest absolute Gasteiger partial charge is 0.497 e. The Kier molecular flexibility index (Phi) is 6.92. The van der Waals surface area contributed by atoms with Crippen molar-refractivity contribution in [2.75, 3.05) is 12.4 Å². The second kappa shape index (κ2) is 10.0. The van der Waals surface area contributed by atoms with E-state index in [1.165, 1.54) is 0 Å². The van der Waals surface area contributed by atoms with Crippen molar-refractivity contribution in [3.05, 3.63) is 78.0 Å². The molecule has 0 radical (unpaired) electrons. The summed E-state index contributed by atoms with van der Waals surface area (Å²) < 4.78 is 53.2. The molecule has 0 bridgehead atoms. The van der Waals surface area contributed by atoms with Gasteiger partial charge < -0.3 is 14.5 Å². The van der Waals surface area contributed by atoms with Gasteiger partial charge in [0.1, 0.15) is 11.5 Å². The summed E-state index contributed by atoms with van der Waals surface area (Å²) in [5.41, 5.74) is 0.289. The summed E-state index contributed by atoms with van der Waals surface area (Å²) in [6.07, 6.45) is 1.55. The van der Waals surface area contributed by atoms with Crippen LogP contribution < -0.4 is 10.1 Å². The molecule has 0 spiro atoms. The van der Waals surface area contributed by atoms with Crippen LogP contribution in [0.2, 0.25) is 0 Å². The number of aromatic nitrogens is 3. The van der Waals surface area contributed by atoms with Gasteiger partial charge in [-0.3, -0.25) is 9.36 Å². The van der Waals surface area contributed by atoms with E-state index in [1.807, 2.05) is 12.1 Å². The standard InChI is InChI=1S/C23H19F3N4O3S/c1-13(22(31)27-18-9-8-17(24)19(25)20(18)26)34-23-29-28-21(14-5-3-6-15(11-14)32-2)30(23)12-16-7-4-10-33-16/h3-11,13H,12H2,1-2H3,(H,27,31)/t13-/m0/s1. The quantitative estimate of drug-likeness (QED) is 0.274. The zero-order valence-electron chi connectivity index (χ0n) is 18.1. The molecule has 0 aliphatic rings. The number of anilines is 1. The van der Waals surface area contributed by atoms with Crippen molar-refractivity contribution in [2.45, 2.75) is 23.9 Å². The van der Waals surface area contributed by atoms with Gasteiger partial charge >= 0.3 is 0 Å². The number of ether oxygens (including phenoxy) is 1. The molecule has 2 aromatic carbocycles. The van der Waals surface area contributed by atoms with Crippen LogP contribution >= 0.6 is 11.8 Å². The van der Waals surface area contributed by atoms with E-state index in [0.717, 1.165) is 29.5 Å². The topological polar surface area (TPSA) is 82.2 Å². The fourth-order valence-corrected chi connectivity index (χ4v) is 3.97. The molecule has 1 atom stereocenters. The first-order valence-corrected chi connectivity index (χ1v) is 11.0. The number of benzene rings is 2. The zero-order chi connectivity index (χ0) is 24.2. The first-order valence-electron chi connectivity index (χ1n) is 10.1. The van der Waals surface area contributed by atoms with Crippen molar-refractivity contribution in [3.8, 4) is 17.1 Å². The molecule has 0 saturated carbocycles. The number of methoxy groups -OCH3 is 1. The van der Waals surface area contributed by atoms with Crippen LogP contribution in [0, 0.1) is 17.5 Å². The molecule has 2 aromatic heterocycles. The van der Waals surface area contributed by atoms with Crippen molar-refractivity contribution in [1.82, 2.24) is 14.8 Å². The molecule has 11 heteroatoms. The van der Waals surface area contributed by atoms with Gasteiger partial charge in [-0.05, 0) is 43.3 Å². The molecule has 34 heavy (non-hydrogen) atoms. The van der Waals surface area contributed by atoms with Crippen LogP contribution in [0.4, 0.5) is 18.9 Å². The van der Waals surface area contributed by atoms with Crippen LogP contribution in [0.15, 0.2) is 64.4 Å². The summed E-state index contributed by atoms with van der Waals surface area (Å²) >= 11 is 1.07. The second-order valence-electron chi connectivity index (χ2n) is 7.18. The lowest BCUT2D eigenvalue weighted by atomic mass is 10.2. The molecule has 7 nitrogen and oxygen atoms in total. The number of hydrogen-bond donors (Lipinski definition) is 1. The van der Waals surface area contributed by atoms with Gasteiger partial charge in [0.2, 0.25) is 5.91 Å². The summed E-state index contributed by atoms with van der Waals surface area (Å²) in [6.45, 7) is 1.87. The number of carbonyl (C=O) groups excluding carboxylic acids is 1. The molecular formula is C23H19F3N4O3S. The Balaban J connectivity index is 1.60. The van der Waals surface area contributed by atoms with Gasteiger partial charge in [-0.25, -0.2) is 13.2 Å². The van der Waals surface area contributed by atoms with Crippen molar-refractivity contribution in [2.24, 2.45) is 0 Å². The fourth-order valence-electron chi connectivity index (χ4n) is 3.12. The molecule has 0 aliphatic carbocycles. The minimum atomic E-state index is -1.65. The van der Waals surface area contributed by atoms with E-state index in [-0.39, 0.29) is 0 Å². The van der Waals surface area contributed by atoms with Crippen molar-refractivity contribution < 1.29 is 27.1 Å².